The van der Waals surface area contributed by atoms with Crippen LogP contribution in [0.3, 0.4) is 0 Å². The smallest absolute Gasteiger partial charge is 0.307 e. The molecule has 0 fully saturated rings. The lowest BCUT2D eigenvalue weighted by Gasteiger charge is -2.31. The van der Waals surface area contributed by atoms with Gasteiger partial charge >= 0.3 is 5.97 Å². The van der Waals surface area contributed by atoms with Crippen molar-refractivity contribution in [2.24, 2.45) is 5.92 Å². The van der Waals surface area contributed by atoms with Crippen molar-refractivity contribution < 1.29 is 14.6 Å². The number of unbranched alkanes of at least 4 members (excludes halogenated alkanes) is 1. The van der Waals surface area contributed by atoms with Crippen LogP contribution in [0.2, 0.25) is 5.02 Å². The van der Waals surface area contributed by atoms with Crippen LogP contribution in [0.15, 0.2) is 41.0 Å². The second kappa shape index (κ2) is 10.4. The van der Waals surface area contributed by atoms with Crippen molar-refractivity contribution in [3.05, 3.63) is 41.1 Å². The second-order valence-electron chi connectivity index (χ2n) is 7.83. The summed E-state index contributed by atoms with van der Waals surface area (Å²) in [6, 6.07) is 3.99. The molecule has 6 heteroatoms. The average molecular weight is 436 g/mol. The molecule has 0 radical (unpaired) electrons. The topological polar surface area (TPSA) is 49.8 Å². The van der Waals surface area contributed by atoms with E-state index in [9.17, 15) is 4.79 Å². The lowest BCUT2D eigenvalue weighted by molar-refractivity contribution is -0.138. The minimum absolute atomic E-state index is 0.0506. The third-order valence-corrected chi connectivity index (χ3v) is 6.89. The molecule has 0 bridgehead atoms. The number of ether oxygens (including phenoxy) is 1. The average Bonchev–Trinajstić information content (AvgIpc) is 2.86. The maximum atomic E-state index is 11.0. The number of hydrogen-bond acceptors (Lipinski definition) is 4. The van der Waals surface area contributed by atoms with Gasteiger partial charge in [0.25, 0.3) is 0 Å². The molecule has 1 unspecified atom stereocenters. The Morgan fingerprint density at radius 3 is 2.97 bits per heavy atom. The van der Waals surface area contributed by atoms with Crippen molar-refractivity contribution in [3.63, 3.8) is 0 Å². The standard InChI is InChI=1S/C23H30ClNO3S/c1-3-4-8-17-14-25(18-9-6-5-7-10-18)20-12-19(24)21(13-22(20)29-15-17)28-16(2)11-23(26)27/h5-6,9,12-13,16-17H,3-4,7-8,10-11,14-15H2,1-2H3,(H,26,27)/t16?,17-/m0/s1. The first kappa shape index (κ1) is 22.1. The summed E-state index contributed by atoms with van der Waals surface area (Å²) in [4.78, 5) is 14.6. The number of hydrogen-bond donors (Lipinski definition) is 1. The molecule has 0 spiro atoms. The molecule has 29 heavy (non-hydrogen) atoms. The van der Waals surface area contributed by atoms with E-state index < -0.39 is 12.1 Å². The summed E-state index contributed by atoms with van der Waals surface area (Å²) in [6.45, 7) is 5.01. The minimum Gasteiger partial charge on any atom is -0.489 e. The van der Waals surface area contributed by atoms with Gasteiger partial charge in [0, 0.05) is 22.9 Å². The Morgan fingerprint density at radius 2 is 2.28 bits per heavy atom. The first-order valence-electron chi connectivity index (χ1n) is 10.5. The lowest BCUT2D eigenvalue weighted by Crippen LogP contribution is -2.29. The monoisotopic (exact) mass is 435 g/mol. The van der Waals surface area contributed by atoms with E-state index in [1.54, 1.807) is 6.92 Å². The van der Waals surface area contributed by atoms with E-state index in [1.807, 2.05) is 23.9 Å². The molecule has 1 N–H and O–H groups in total. The molecular weight excluding hydrogens is 406 g/mol. The Morgan fingerprint density at radius 1 is 1.45 bits per heavy atom. The van der Waals surface area contributed by atoms with Gasteiger partial charge in [-0.1, -0.05) is 43.5 Å². The number of aliphatic carboxylic acids is 1. The summed E-state index contributed by atoms with van der Waals surface area (Å²) in [6.07, 6.45) is 11.9. The zero-order valence-electron chi connectivity index (χ0n) is 17.2. The van der Waals surface area contributed by atoms with Crippen LogP contribution in [0.5, 0.6) is 5.75 Å². The number of halogens is 1. The van der Waals surface area contributed by atoms with Crippen LogP contribution in [-0.2, 0) is 4.79 Å². The van der Waals surface area contributed by atoms with Crippen molar-refractivity contribution in [1.29, 1.82) is 0 Å². The van der Waals surface area contributed by atoms with Crippen LogP contribution in [0.25, 0.3) is 0 Å². The highest BCUT2D eigenvalue weighted by atomic mass is 35.5. The largest absolute Gasteiger partial charge is 0.489 e. The van der Waals surface area contributed by atoms with Gasteiger partial charge in [0.2, 0.25) is 0 Å². The minimum atomic E-state index is -0.875. The van der Waals surface area contributed by atoms with Crippen molar-refractivity contribution in [1.82, 2.24) is 0 Å². The molecule has 0 amide bonds. The molecule has 0 saturated carbocycles. The highest BCUT2D eigenvalue weighted by molar-refractivity contribution is 7.99. The van der Waals surface area contributed by atoms with E-state index in [0.29, 0.717) is 16.7 Å². The number of benzene rings is 1. The Labute approximate surface area is 183 Å². The molecule has 158 valence electrons. The van der Waals surface area contributed by atoms with E-state index in [1.165, 1.54) is 25.0 Å². The van der Waals surface area contributed by atoms with Crippen LogP contribution < -0.4 is 9.64 Å². The quantitative estimate of drug-likeness (QED) is 0.502. The summed E-state index contributed by atoms with van der Waals surface area (Å²) in [5.41, 5.74) is 2.47. The van der Waals surface area contributed by atoms with Crippen LogP contribution in [0.4, 0.5) is 5.69 Å². The predicted molar refractivity (Wildman–Crippen MR) is 121 cm³/mol. The molecule has 2 atom stereocenters. The Bertz CT molecular complexity index is 793. The third kappa shape index (κ3) is 5.95. The van der Waals surface area contributed by atoms with Gasteiger partial charge in [0.15, 0.2) is 0 Å². The molecule has 1 aromatic rings. The van der Waals surface area contributed by atoms with Crippen LogP contribution >= 0.6 is 23.4 Å². The number of allylic oxidation sites excluding steroid dienone is 4. The Kier molecular flexibility index (Phi) is 7.96. The number of carboxylic acids is 1. The molecule has 1 aliphatic heterocycles. The van der Waals surface area contributed by atoms with E-state index in [4.69, 9.17) is 21.4 Å². The first-order chi connectivity index (χ1) is 14.0. The fraction of sp³-hybridized carbons (Fsp3) is 0.522. The number of nitrogens with zero attached hydrogens (tertiary/aromatic N) is 1. The summed E-state index contributed by atoms with van der Waals surface area (Å²) in [5, 5.41) is 9.54. The van der Waals surface area contributed by atoms with Crippen molar-refractivity contribution in [2.45, 2.75) is 63.4 Å². The Hall–Kier alpha value is -1.59. The molecule has 2 aliphatic rings. The molecule has 1 aromatic carbocycles. The fourth-order valence-electron chi connectivity index (χ4n) is 3.82. The highest BCUT2D eigenvalue weighted by Crippen LogP contribution is 2.44. The van der Waals surface area contributed by atoms with Gasteiger partial charge < -0.3 is 14.7 Å². The highest BCUT2D eigenvalue weighted by Gasteiger charge is 2.26. The van der Waals surface area contributed by atoms with Crippen molar-refractivity contribution >= 4 is 35.0 Å². The second-order valence-corrected chi connectivity index (χ2v) is 9.30. The number of carboxylic acid groups (broad SMARTS) is 1. The maximum absolute atomic E-state index is 11.0. The SMILES string of the molecule is CCCC[C@@H]1CSc2cc(OC(C)CC(=O)O)c(Cl)cc2N(C2=CC=CCC2)C1. The predicted octanol–water partition coefficient (Wildman–Crippen LogP) is 6.53. The molecule has 0 aromatic heterocycles. The molecule has 3 rings (SSSR count). The van der Waals surface area contributed by atoms with Gasteiger partial charge in [-0.15, -0.1) is 11.8 Å². The van der Waals surface area contributed by atoms with Crippen molar-refractivity contribution in [2.75, 3.05) is 17.2 Å². The number of fused-ring (bicyclic) bond motifs is 1. The number of anilines is 1. The molecule has 1 heterocycles. The maximum Gasteiger partial charge on any atom is 0.307 e. The first-order valence-corrected chi connectivity index (χ1v) is 11.8. The van der Waals surface area contributed by atoms with E-state index >= 15 is 0 Å². The number of thioether (sulfide) groups is 1. The molecule has 0 saturated heterocycles. The molecular formula is C23H30ClNO3S. The summed E-state index contributed by atoms with van der Waals surface area (Å²) in [7, 11) is 0. The van der Waals surface area contributed by atoms with Gasteiger partial charge in [-0.25, -0.2) is 0 Å². The number of carbonyl (C=O) groups is 1. The van der Waals surface area contributed by atoms with Crippen LogP contribution in [0.1, 0.15) is 52.4 Å². The van der Waals surface area contributed by atoms with E-state index in [-0.39, 0.29) is 6.42 Å². The third-order valence-electron chi connectivity index (χ3n) is 5.31. The molecule has 1 aliphatic carbocycles. The zero-order chi connectivity index (χ0) is 20.8. The van der Waals surface area contributed by atoms with Crippen molar-refractivity contribution in [3.8, 4) is 5.75 Å². The van der Waals surface area contributed by atoms with Gasteiger partial charge in [0.1, 0.15) is 11.9 Å². The number of rotatable bonds is 8. The van der Waals surface area contributed by atoms with Gasteiger partial charge in [-0.05, 0) is 50.3 Å². The lowest BCUT2D eigenvalue weighted by atomic mass is 10.0. The van der Waals surface area contributed by atoms with Gasteiger partial charge in [-0.3, -0.25) is 4.79 Å². The Balaban J connectivity index is 1.91. The van der Waals surface area contributed by atoms with Crippen LogP contribution in [0, 0.1) is 5.92 Å². The zero-order valence-corrected chi connectivity index (χ0v) is 18.8. The molecule has 4 nitrogen and oxygen atoms in total. The van der Waals surface area contributed by atoms with E-state index in [0.717, 1.165) is 35.7 Å². The summed E-state index contributed by atoms with van der Waals surface area (Å²) < 4.78 is 5.86. The summed E-state index contributed by atoms with van der Waals surface area (Å²) in [5.74, 6) is 1.38. The van der Waals surface area contributed by atoms with Gasteiger partial charge in [0.05, 0.1) is 17.1 Å². The van der Waals surface area contributed by atoms with E-state index in [2.05, 4.69) is 30.1 Å². The van der Waals surface area contributed by atoms with Gasteiger partial charge in [-0.2, -0.15) is 0 Å². The normalized spacial score (nSPS) is 19.9. The fourth-order valence-corrected chi connectivity index (χ4v) is 5.21. The van der Waals surface area contributed by atoms with Crippen LogP contribution in [-0.4, -0.2) is 29.5 Å². The summed E-state index contributed by atoms with van der Waals surface area (Å²) >= 11 is 8.44.